The molecule has 0 spiro atoms. The highest BCUT2D eigenvalue weighted by Gasteiger charge is 2.14. The fraction of sp³-hybridized carbons (Fsp3) is 0.0476. The van der Waals surface area contributed by atoms with Gasteiger partial charge in [-0.3, -0.25) is 19.6 Å². The van der Waals surface area contributed by atoms with Crippen LogP contribution < -0.4 is 10.6 Å². The van der Waals surface area contributed by atoms with E-state index in [4.69, 9.17) is 0 Å². The third-order valence-corrected chi connectivity index (χ3v) is 3.73. The van der Waals surface area contributed by atoms with Gasteiger partial charge in [0.2, 0.25) is 0 Å². The number of rotatable bonds is 6. The quantitative estimate of drug-likeness (QED) is 0.664. The van der Waals surface area contributed by atoms with Crippen LogP contribution >= 0.6 is 0 Å². The number of amides is 2. The van der Waals surface area contributed by atoms with Crippen molar-refractivity contribution < 1.29 is 9.59 Å². The Bertz CT molecular complexity index is 926. The third kappa shape index (κ3) is 5.34. The van der Waals surface area contributed by atoms with Crippen LogP contribution in [0.15, 0.2) is 85.1 Å². The van der Waals surface area contributed by atoms with Crippen molar-refractivity contribution >= 4 is 17.9 Å². The number of hydrogen-bond donors (Lipinski definition) is 2. The molecule has 0 aliphatic heterocycles. The first-order chi connectivity index (χ1) is 13.2. The summed E-state index contributed by atoms with van der Waals surface area (Å²) in [5, 5.41) is 5.49. The molecule has 2 N–H and O–H groups in total. The Labute approximate surface area is 157 Å². The molecule has 0 aliphatic carbocycles. The minimum absolute atomic E-state index is 0.144. The molecule has 3 rings (SSSR count). The number of carbonyl (C=O) groups is 2. The molecule has 0 saturated heterocycles. The van der Waals surface area contributed by atoms with Gasteiger partial charge in [-0.05, 0) is 47.5 Å². The molecule has 0 radical (unpaired) electrons. The van der Waals surface area contributed by atoms with Crippen molar-refractivity contribution in [2.24, 2.45) is 0 Å². The summed E-state index contributed by atoms with van der Waals surface area (Å²) in [6, 6.07) is 15.9. The summed E-state index contributed by atoms with van der Waals surface area (Å²) >= 11 is 0. The Morgan fingerprint density at radius 2 is 1.67 bits per heavy atom. The molecule has 0 bridgehead atoms. The second-order valence-corrected chi connectivity index (χ2v) is 5.70. The third-order valence-electron chi connectivity index (χ3n) is 3.73. The van der Waals surface area contributed by atoms with Crippen LogP contribution in [0.1, 0.15) is 21.5 Å². The number of aromatic nitrogens is 2. The lowest BCUT2D eigenvalue weighted by Gasteiger charge is -2.11. The summed E-state index contributed by atoms with van der Waals surface area (Å²) in [5.41, 5.74) is 2.23. The van der Waals surface area contributed by atoms with E-state index in [0.29, 0.717) is 17.7 Å². The van der Waals surface area contributed by atoms with E-state index in [-0.39, 0.29) is 17.5 Å². The second-order valence-electron chi connectivity index (χ2n) is 5.70. The summed E-state index contributed by atoms with van der Waals surface area (Å²) in [6.07, 6.45) is 8.17. The van der Waals surface area contributed by atoms with Gasteiger partial charge in [0.25, 0.3) is 11.8 Å². The summed E-state index contributed by atoms with van der Waals surface area (Å²) < 4.78 is 0. The second kappa shape index (κ2) is 9.05. The molecule has 2 heterocycles. The molecule has 0 atom stereocenters. The van der Waals surface area contributed by atoms with Crippen LogP contribution in [0.3, 0.4) is 0 Å². The Balaban J connectivity index is 1.78. The van der Waals surface area contributed by atoms with Gasteiger partial charge < -0.3 is 10.6 Å². The number of carbonyl (C=O) groups excluding carboxylic acids is 2. The predicted molar refractivity (Wildman–Crippen MR) is 102 cm³/mol. The average molecular weight is 358 g/mol. The van der Waals surface area contributed by atoms with Crippen molar-refractivity contribution in [1.82, 2.24) is 20.6 Å². The largest absolute Gasteiger partial charge is 0.347 e. The number of nitrogens with one attached hydrogen (secondary N) is 2. The Kier molecular flexibility index (Phi) is 6.04. The number of hydrogen-bond acceptors (Lipinski definition) is 4. The van der Waals surface area contributed by atoms with Crippen molar-refractivity contribution in [1.29, 1.82) is 0 Å². The van der Waals surface area contributed by atoms with Gasteiger partial charge >= 0.3 is 0 Å². The van der Waals surface area contributed by atoms with Crippen LogP contribution in [-0.2, 0) is 11.3 Å². The van der Waals surface area contributed by atoms with Crippen molar-refractivity contribution in [2.45, 2.75) is 6.54 Å². The van der Waals surface area contributed by atoms with Crippen LogP contribution in [-0.4, -0.2) is 21.8 Å². The van der Waals surface area contributed by atoms with Gasteiger partial charge in [0.15, 0.2) is 0 Å². The predicted octanol–water partition coefficient (Wildman–Crippen LogP) is 2.56. The van der Waals surface area contributed by atoms with Crippen molar-refractivity contribution in [3.05, 3.63) is 102 Å². The number of benzene rings is 1. The van der Waals surface area contributed by atoms with Gasteiger partial charge in [0.05, 0.1) is 0 Å². The maximum atomic E-state index is 12.7. The van der Waals surface area contributed by atoms with Gasteiger partial charge in [-0.15, -0.1) is 0 Å². The summed E-state index contributed by atoms with van der Waals surface area (Å²) in [5.74, 6) is -0.746. The Morgan fingerprint density at radius 1 is 0.889 bits per heavy atom. The summed E-state index contributed by atoms with van der Waals surface area (Å²) in [4.78, 5) is 33.1. The standard InChI is InChI=1S/C21H18N4O2/c26-20(18-6-2-1-3-7-18)25-19(13-17-5-4-10-23-14-17)21(27)24-15-16-8-11-22-12-9-16/h1-14H,15H2,(H,24,27)(H,25,26)/b19-13-. The molecule has 3 aromatic rings. The first kappa shape index (κ1) is 18.0. The molecule has 0 unspecified atom stereocenters. The van der Waals surface area contributed by atoms with Gasteiger partial charge in [-0.25, -0.2) is 0 Å². The molecular formula is C21H18N4O2. The van der Waals surface area contributed by atoms with E-state index < -0.39 is 0 Å². The molecular weight excluding hydrogens is 340 g/mol. The fourth-order valence-electron chi connectivity index (χ4n) is 2.35. The van der Waals surface area contributed by atoms with Crippen molar-refractivity contribution in [3.63, 3.8) is 0 Å². The zero-order chi connectivity index (χ0) is 18.9. The lowest BCUT2D eigenvalue weighted by atomic mass is 10.2. The minimum atomic E-state index is -0.389. The van der Waals surface area contributed by atoms with E-state index in [9.17, 15) is 9.59 Å². The molecule has 2 aromatic heterocycles. The SMILES string of the molecule is O=C(NCc1ccncc1)/C(=C/c1cccnc1)NC(=O)c1ccccc1. The van der Waals surface area contributed by atoms with E-state index in [1.165, 1.54) is 0 Å². The minimum Gasteiger partial charge on any atom is -0.347 e. The molecule has 1 aromatic carbocycles. The maximum absolute atomic E-state index is 12.7. The van der Waals surface area contributed by atoms with Crippen molar-refractivity contribution in [3.8, 4) is 0 Å². The average Bonchev–Trinajstić information content (AvgIpc) is 2.73. The van der Waals surface area contributed by atoms with E-state index in [0.717, 1.165) is 5.56 Å². The number of nitrogens with zero attached hydrogens (tertiary/aromatic N) is 2. The molecule has 0 aliphatic rings. The van der Waals surface area contributed by atoms with Crippen LogP contribution in [0.4, 0.5) is 0 Å². The van der Waals surface area contributed by atoms with E-state index in [1.807, 2.05) is 18.2 Å². The molecule has 27 heavy (non-hydrogen) atoms. The Hall–Kier alpha value is -3.80. The molecule has 0 saturated carbocycles. The smallest absolute Gasteiger partial charge is 0.268 e. The van der Waals surface area contributed by atoms with Crippen LogP contribution in [0.2, 0.25) is 0 Å². The highest BCUT2D eigenvalue weighted by Crippen LogP contribution is 2.07. The van der Waals surface area contributed by atoms with E-state index >= 15 is 0 Å². The highest BCUT2D eigenvalue weighted by molar-refractivity contribution is 6.05. The Morgan fingerprint density at radius 3 is 2.37 bits per heavy atom. The molecule has 2 amide bonds. The van der Waals surface area contributed by atoms with E-state index in [1.54, 1.807) is 67.3 Å². The monoisotopic (exact) mass is 358 g/mol. The van der Waals surface area contributed by atoms with Gasteiger partial charge in [-0.2, -0.15) is 0 Å². The first-order valence-electron chi connectivity index (χ1n) is 8.37. The van der Waals surface area contributed by atoms with Crippen molar-refractivity contribution in [2.75, 3.05) is 0 Å². The molecule has 6 heteroatoms. The fourth-order valence-corrected chi connectivity index (χ4v) is 2.35. The zero-order valence-electron chi connectivity index (χ0n) is 14.5. The molecule has 0 fully saturated rings. The van der Waals surface area contributed by atoms with Gasteiger partial charge in [-0.1, -0.05) is 24.3 Å². The zero-order valence-corrected chi connectivity index (χ0v) is 14.5. The number of pyridine rings is 2. The first-order valence-corrected chi connectivity index (χ1v) is 8.37. The summed E-state index contributed by atoms with van der Waals surface area (Å²) in [7, 11) is 0. The summed E-state index contributed by atoms with van der Waals surface area (Å²) in [6.45, 7) is 0.326. The molecule has 6 nitrogen and oxygen atoms in total. The normalized spacial score (nSPS) is 10.9. The molecule has 134 valence electrons. The van der Waals surface area contributed by atoms with Crippen LogP contribution in [0.5, 0.6) is 0 Å². The van der Waals surface area contributed by atoms with Crippen LogP contribution in [0, 0.1) is 0 Å². The topological polar surface area (TPSA) is 84.0 Å². The maximum Gasteiger partial charge on any atom is 0.268 e. The van der Waals surface area contributed by atoms with Gasteiger partial charge in [0, 0.05) is 36.9 Å². The van der Waals surface area contributed by atoms with Crippen LogP contribution in [0.25, 0.3) is 6.08 Å². The van der Waals surface area contributed by atoms with E-state index in [2.05, 4.69) is 20.6 Å². The lowest BCUT2D eigenvalue weighted by Crippen LogP contribution is -2.34. The highest BCUT2D eigenvalue weighted by atomic mass is 16.2. The lowest BCUT2D eigenvalue weighted by molar-refractivity contribution is -0.117. The van der Waals surface area contributed by atoms with Gasteiger partial charge in [0.1, 0.15) is 5.70 Å².